The number of morpholine rings is 1. The lowest BCUT2D eigenvalue weighted by molar-refractivity contribution is -0.0368. The Labute approximate surface area is 147 Å². The first-order valence-corrected chi connectivity index (χ1v) is 8.69. The SMILES string of the molecule is Cc1cc(-n2c(C)cc(C(=O)N3C[C@H]4OCCN(C)[C@H]4C3)c2C)no1. The standard InChI is InChI=1S/C18H24N4O3/c1-11-7-14(13(3)22(11)17-8-12(2)25-19-17)18(23)21-9-15-16(10-21)24-6-5-20(15)4/h7-8,15-16H,5-6,9-10H2,1-4H3/t15-,16+/m0/s1. The Kier molecular flexibility index (Phi) is 3.92. The average Bonchev–Trinajstić information content (AvgIpc) is 3.25. The fourth-order valence-corrected chi connectivity index (χ4v) is 3.98. The lowest BCUT2D eigenvalue weighted by atomic mass is 10.1. The number of rotatable bonds is 2. The Balaban J connectivity index is 1.61. The molecule has 2 fully saturated rings. The quantitative estimate of drug-likeness (QED) is 0.827. The van der Waals surface area contributed by atoms with E-state index in [4.69, 9.17) is 9.26 Å². The van der Waals surface area contributed by atoms with Crippen LogP contribution in [0.3, 0.4) is 0 Å². The van der Waals surface area contributed by atoms with E-state index in [0.29, 0.717) is 24.9 Å². The monoisotopic (exact) mass is 344 g/mol. The highest BCUT2D eigenvalue weighted by Gasteiger charge is 2.41. The van der Waals surface area contributed by atoms with Gasteiger partial charge in [-0.3, -0.25) is 14.3 Å². The molecular weight excluding hydrogens is 320 g/mol. The second-order valence-electron chi connectivity index (χ2n) is 7.08. The number of aromatic nitrogens is 2. The van der Waals surface area contributed by atoms with Gasteiger partial charge in [0.2, 0.25) is 0 Å². The zero-order valence-electron chi connectivity index (χ0n) is 15.2. The van der Waals surface area contributed by atoms with Gasteiger partial charge in [-0.1, -0.05) is 5.16 Å². The molecule has 0 unspecified atom stereocenters. The summed E-state index contributed by atoms with van der Waals surface area (Å²) in [5.41, 5.74) is 2.58. The van der Waals surface area contributed by atoms with Crippen molar-refractivity contribution in [2.45, 2.75) is 32.9 Å². The van der Waals surface area contributed by atoms with Crippen molar-refractivity contribution in [2.75, 3.05) is 33.3 Å². The Morgan fingerprint density at radius 3 is 2.72 bits per heavy atom. The smallest absolute Gasteiger partial charge is 0.255 e. The number of carbonyl (C=O) groups excluding carboxylic acids is 1. The van der Waals surface area contributed by atoms with Gasteiger partial charge in [0, 0.05) is 37.1 Å². The first-order chi connectivity index (χ1) is 12.0. The predicted molar refractivity (Wildman–Crippen MR) is 92.1 cm³/mol. The number of likely N-dealkylation sites (N-methyl/N-ethyl adjacent to an activating group) is 1. The van der Waals surface area contributed by atoms with Crippen molar-refractivity contribution in [2.24, 2.45) is 0 Å². The topological polar surface area (TPSA) is 63.7 Å². The van der Waals surface area contributed by atoms with E-state index in [9.17, 15) is 4.79 Å². The van der Waals surface area contributed by atoms with E-state index >= 15 is 0 Å². The van der Waals surface area contributed by atoms with Crippen LogP contribution in [0, 0.1) is 20.8 Å². The molecule has 0 bridgehead atoms. The van der Waals surface area contributed by atoms with Crippen molar-refractivity contribution < 1.29 is 14.1 Å². The molecule has 2 aromatic heterocycles. The van der Waals surface area contributed by atoms with E-state index in [1.54, 1.807) is 0 Å². The normalized spacial score (nSPS) is 23.9. The minimum Gasteiger partial charge on any atom is -0.373 e. The van der Waals surface area contributed by atoms with E-state index in [1.165, 1.54) is 0 Å². The third-order valence-electron chi connectivity index (χ3n) is 5.37. The number of hydrogen-bond donors (Lipinski definition) is 0. The fourth-order valence-electron chi connectivity index (χ4n) is 3.98. The summed E-state index contributed by atoms with van der Waals surface area (Å²) < 4.78 is 13.0. The number of ether oxygens (including phenoxy) is 1. The number of fused-ring (bicyclic) bond motifs is 1. The zero-order chi connectivity index (χ0) is 17.7. The molecule has 1 amide bonds. The van der Waals surface area contributed by atoms with Crippen molar-refractivity contribution >= 4 is 5.91 Å². The fraction of sp³-hybridized carbons (Fsp3) is 0.556. The van der Waals surface area contributed by atoms with Gasteiger partial charge in [-0.2, -0.15) is 0 Å². The van der Waals surface area contributed by atoms with Gasteiger partial charge >= 0.3 is 0 Å². The predicted octanol–water partition coefficient (Wildman–Crippen LogP) is 1.55. The van der Waals surface area contributed by atoms with Crippen molar-refractivity contribution in [3.63, 3.8) is 0 Å². The highest BCUT2D eigenvalue weighted by molar-refractivity contribution is 5.96. The van der Waals surface area contributed by atoms with Gasteiger partial charge in [0.15, 0.2) is 5.82 Å². The number of nitrogens with zero attached hydrogens (tertiary/aromatic N) is 4. The summed E-state index contributed by atoms with van der Waals surface area (Å²) in [4.78, 5) is 17.3. The van der Waals surface area contributed by atoms with Crippen molar-refractivity contribution in [3.05, 3.63) is 34.8 Å². The highest BCUT2D eigenvalue weighted by atomic mass is 16.5. The number of amides is 1. The first-order valence-electron chi connectivity index (χ1n) is 8.69. The molecule has 4 rings (SSSR count). The maximum Gasteiger partial charge on any atom is 0.255 e. The average molecular weight is 344 g/mol. The zero-order valence-corrected chi connectivity index (χ0v) is 15.2. The summed E-state index contributed by atoms with van der Waals surface area (Å²) in [7, 11) is 2.10. The maximum absolute atomic E-state index is 13.1. The minimum atomic E-state index is 0.0611. The summed E-state index contributed by atoms with van der Waals surface area (Å²) in [6.07, 6.45) is 0.115. The van der Waals surface area contributed by atoms with Crippen LogP contribution in [0.4, 0.5) is 0 Å². The molecule has 0 spiro atoms. The molecule has 25 heavy (non-hydrogen) atoms. The molecule has 0 radical (unpaired) electrons. The Morgan fingerprint density at radius 2 is 2.04 bits per heavy atom. The van der Waals surface area contributed by atoms with Crippen LogP contribution in [-0.4, -0.2) is 70.9 Å². The summed E-state index contributed by atoms with van der Waals surface area (Å²) >= 11 is 0. The van der Waals surface area contributed by atoms with Crippen LogP contribution in [0.15, 0.2) is 16.7 Å². The van der Waals surface area contributed by atoms with E-state index in [1.807, 2.05) is 42.4 Å². The Morgan fingerprint density at radius 1 is 1.24 bits per heavy atom. The van der Waals surface area contributed by atoms with E-state index in [2.05, 4.69) is 17.1 Å². The van der Waals surface area contributed by atoms with Gasteiger partial charge in [-0.25, -0.2) is 0 Å². The number of likely N-dealkylation sites (tertiary alicyclic amines) is 1. The van der Waals surface area contributed by atoms with Gasteiger partial charge < -0.3 is 14.2 Å². The summed E-state index contributed by atoms with van der Waals surface area (Å²) in [5.74, 6) is 1.52. The molecule has 0 saturated carbocycles. The van der Waals surface area contributed by atoms with E-state index < -0.39 is 0 Å². The molecular formula is C18H24N4O3. The summed E-state index contributed by atoms with van der Waals surface area (Å²) in [6.45, 7) is 8.82. The summed E-state index contributed by atoms with van der Waals surface area (Å²) in [5, 5.41) is 4.08. The van der Waals surface area contributed by atoms with Gasteiger partial charge in [-0.15, -0.1) is 0 Å². The molecule has 0 aliphatic carbocycles. The molecule has 134 valence electrons. The van der Waals surface area contributed by atoms with Crippen LogP contribution in [0.2, 0.25) is 0 Å². The second kappa shape index (κ2) is 6.00. The summed E-state index contributed by atoms with van der Waals surface area (Å²) in [6, 6.07) is 4.11. The molecule has 0 N–H and O–H groups in total. The lowest BCUT2D eigenvalue weighted by Crippen LogP contribution is -2.48. The van der Waals surface area contributed by atoms with Gasteiger partial charge in [0.05, 0.1) is 24.3 Å². The molecule has 2 aliphatic rings. The minimum absolute atomic E-state index is 0.0611. The molecule has 4 heterocycles. The maximum atomic E-state index is 13.1. The third kappa shape index (κ3) is 2.67. The van der Waals surface area contributed by atoms with Gasteiger partial charge in [0.1, 0.15) is 5.76 Å². The molecule has 2 saturated heterocycles. The van der Waals surface area contributed by atoms with Crippen LogP contribution < -0.4 is 0 Å². The lowest BCUT2D eigenvalue weighted by Gasteiger charge is -2.33. The van der Waals surface area contributed by atoms with Crippen LogP contribution in [-0.2, 0) is 4.74 Å². The van der Waals surface area contributed by atoms with Crippen LogP contribution in [0.5, 0.6) is 0 Å². The van der Waals surface area contributed by atoms with Crippen molar-refractivity contribution in [1.29, 1.82) is 0 Å². The molecule has 7 nitrogen and oxygen atoms in total. The first kappa shape index (κ1) is 16.4. The van der Waals surface area contributed by atoms with Crippen LogP contribution >= 0.6 is 0 Å². The molecule has 2 aliphatic heterocycles. The van der Waals surface area contributed by atoms with Crippen LogP contribution in [0.25, 0.3) is 5.82 Å². The second-order valence-corrected chi connectivity index (χ2v) is 7.08. The number of aryl methyl sites for hydroxylation is 2. The third-order valence-corrected chi connectivity index (χ3v) is 5.37. The van der Waals surface area contributed by atoms with Gasteiger partial charge in [-0.05, 0) is 33.9 Å². The molecule has 0 aromatic carbocycles. The molecule has 2 aromatic rings. The number of hydrogen-bond acceptors (Lipinski definition) is 5. The highest BCUT2D eigenvalue weighted by Crippen LogP contribution is 2.26. The van der Waals surface area contributed by atoms with Crippen molar-refractivity contribution in [1.82, 2.24) is 19.5 Å². The largest absolute Gasteiger partial charge is 0.373 e. The van der Waals surface area contributed by atoms with E-state index in [-0.39, 0.29) is 12.0 Å². The number of carbonyl (C=O) groups is 1. The van der Waals surface area contributed by atoms with Crippen molar-refractivity contribution in [3.8, 4) is 5.82 Å². The molecule has 2 atom stereocenters. The van der Waals surface area contributed by atoms with Crippen LogP contribution in [0.1, 0.15) is 27.5 Å². The Hall–Kier alpha value is -2.12. The van der Waals surface area contributed by atoms with E-state index in [0.717, 1.165) is 35.9 Å². The van der Waals surface area contributed by atoms with Gasteiger partial charge in [0.25, 0.3) is 5.91 Å². The Bertz CT molecular complexity index is 809. The molecule has 7 heteroatoms.